The maximum Gasteiger partial charge on any atom is 0.216 e. The van der Waals surface area contributed by atoms with Crippen molar-refractivity contribution < 1.29 is 5.11 Å². The van der Waals surface area contributed by atoms with Crippen molar-refractivity contribution in [3.05, 3.63) is 12.4 Å². The number of hydrazone groups is 1. The molecular formula is C13H22N4O. The quantitative estimate of drug-likeness (QED) is 0.601. The Kier molecular flexibility index (Phi) is 5.55. The summed E-state index contributed by atoms with van der Waals surface area (Å²) < 4.78 is 0. The number of nitrogens with zero attached hydrogens (tertiary/aromatic N) is 3. The van der Waals surface area contributed by atoms with Gasteiger partial charge in [0, 0.05) is 11.8 Å². The lowest BCUT2D eigenvalue weighted by Gasteiger charge is -2.11. The monoisotopic (exact) mass is 250 g/mol. The molecule has 1 aromatic heterocycles. The van der Waals surface area contributed by atoms with Gasteiger partial charge in [-0.05, 0) is 24.7 Å². The predicted molar refractivity (Wildman–Crippen MR) is 73.7 cm³/mol. The molecule has 0 unspecified atom stereocenters. The van der Waals surface area contributed by atoms with Gasteiger partial charge in [-0.25, -0.2) is 9.97 Å². The van der Waals surface area contributed by atoms with Gasteiger partial charge in [-0.3, -0.25) is 5.43 Å². The van der Waals surface area contributed by atoms with Crippen LogP contribution in [0.15, 0.2) is 17.5 Å². The van der Waals surface area contributed by atoms with Crippen molar-refractivity contribution in [2.45, 2.75) is 40.5 Å². The second kappa shape index (κ2) is 6.93. The number of rotatable bonds is 6. The van der Waals surface area contributed by atoms with E-state index in [2.05, 4.69) is 48.2 Å². The Morgan fingerprint density at radius 2 is 1.83 bits per heavy atom. The summed E-state index contributed by atoms with van der Waals surface area (Å²) in [5, 5.41) is 13.6. The fourth-order valence-electron chi connectivity index (χ4n) is 1.66. The molecular weight excluding hydrogens is 228 g/mol. The highest BCUT2D eigenvalue weighted by Crippen LogP contribution is 2.12. The molecule has 1 rings (SSSR count). The van der Waals surface area contributed by atoms with E-state index >= 15 is 0 Å². The highest BCUT2D eigenvalue weighted by molar-refractivity contribution is 5.85. The Bertz CT molecular complexity index is 390. The molecule has 0 saturated heterocycles. The summed E-state index contributed by atoms with van der Waals surface area (Å²) in [5.41, 5.74) is 4.00. The van der Waals surface area contributed by atoms with Crippen molar-refractivity contribution in [2.24, 2.45) is 16.9 Å². The third-order valence-corrected chi connectivity index (χ3v) is 2.27. The molecule has 5 nitrogen and oxygen atoms in total. The van der Waals surface area contributed by atoms with Crippen molar-refractivity contribution in [3.63, 3.8) is 0 Å². The summed E-state index contributed by atoms with van der Waals surface area (Å²) in [6.07, 6.45) is 3.22. The van der Waals surface area contributed by atoms with E-state index in [1.807, 2.05) is 0 Å². The SMILES string of the molecule is CC(C)CC(CC(C)C)=NNc1cc(O)ncn1. The first-order valence-electron chi connectivity index (χ1n) is 6.29. The van der Waals surface area contributed by atoms with Crippen LogP contribution in [-0.2, 0) is 0 Å². The van der Waals surface area contributed by atoms with E-state index < -0.39 is 0 Å². The predicted octanol–water partition coefficient (Wildman–Crippen LogP) is 3.04. The van der Waals surface area contributed by atoms with Crippen molar-refractivity contribution in [2.75, 3.05) is 5.43 Å². The van der Waals surface area contributed by atoms with Gasteiger partial charge in [0.05, 0.1) is 0 Å². The summed E-state index contributed by atoms with van der Waals surface area (Å²) >= 11 is 0. The van der Waals surface area contributed by atoms with Crippen LogP contribution in [0.2, 0.25) is 0 Å². The second-order valence-corrected chi connectivity index (χ2v) is 5.25. The maximum atomic E-state index is 9.23. The topological polar surface area (TPSA) is 70.4 Å². The zero-order chi connectivity index (χ0) is 13.5. The van der Waals surface area contributed by atoms with Crippen LogP contribution in [0, 0.1) is 11.8 Å². The Morgan fingerprint density at radius 3 is 2.33 bits per heavy atom. The Hall–Kier alpha value is -1.65. The zero-order valence-corrected chi connectivity index (χ0v) is 11.5. The summed E-state index contributed by atoms with van der Waals surface area (Å²) in [4.78, 5) is 7.60. The van der Waals surface area contributed by atoms with Crippen LogP contribution in [0.3, 0.4) is 0 Å². The molecule has 1 heterocycles. The number of aromatic hydroxyl groups is 1. The van der Waals surface area contributed by atoms with E-state index in [0.29, 0.717) is 17.7 Å². The number of hydrogen-bond donors (Lipinski definition) is 2. The second-order valence-electron chi connectivity index (χ2n) is 5.25. The van der Waals surface area contributed by atoms with Crippen molar-refractivity contribution >= 4 is 11.5 Å². The average Bonchev–Trinajstić information content (AvgIpc) is 2.24. The molecule has 1 aromatic rings. The molecule has 0 aliphatic carbocycles. The molecule has 0 spiro atoms. The van der Waals surface area contributed by atoms with Crippen molar-refractivity contribution in [3.8, 4) is 5.88 Å². The summed E-state index contributed by atoms with van der Waals surface area (Å²) in [5.74, 6) is 1.59. The number of aromatic nitrogens is 2. The molecule has 0 fully saturated rings. The van der Waals surface area contributed by atoms with E-state index in [9.17, 15) is 5.11 Å². The van der Waals surface area contributed by atoms with Gasteiger partial charge in [-0.15, -0.1) is 0 Å². The molecule has 5 heteroatoms. The van der Waals surface area contributed by atoms with E-state index in [1.54, 1.807) is 0 Å². The van der Waals surface area contributed by atoms with Crippen LogP contribution in [0.4, 0.5) is 5.82 Å². The van der Waals surface area contributed by atoms with Gasteiger partial charge in [0.25, 0.3) is 0 Å². The Balaban J connectivity index is 2.69. The van der Waals surface area contributed by atoms with Gasteiger partial charge in [0.2, 0.25) is 5.88 Å². The fraction of sp³-hybridized carbons (Fsp3) is 0.615. The minimum atomic E-state index is -0.0584. The van der Waals surface area contributed by atoms with Gasteiger partial charge in [0.15, 0.2) is 5.82 Å². The third kappa shape index (κ3) is 5.61. The summed E-state index contributed by atoms with van der Waals surface area (Å²) in [6.45, 7) is 8.69. The molecule has 0 atom stereocenters. The summed E-state index contributed by atoms with van der Waals surface area (Å²) in [6, 6.07) is 1.45. The molecule has 0 aliphatic heterocycles. The van der Waals surface area contributed by atoms with Gasteiger partial charge in [0.1, 0.15) is 6.33 Å². The van der Waals surface area contributed by atoms with E-state index in [1.165, 1.54) is 12.4 Å². The average molecular weight is 250 g/mol. The Morgan fingerprint density at radius 1 is 1.22 bits per heavy atom. The standard InChI is InChI=1S/C13H22N4O/c1-9(2)5-11(6-10(3)4)16-17-12-7-13(18)15-8-14-12/h7-10H,5-6H2,1-4H3,(H2,14,15,17,18). The smallest absolute Gasteiger partial charge is 0.216 e. The van der Waals surface area contributed by atoms with Gasteiger partial charge >= 0.3 is 0 Å². The normalized spacial score (nSPS) is 10.8. The van der Waals surface area contributed by atoms with Gasteiger partial charge < -0.3 is 5.11 Å². The first-order valence-corrected chi connectivity index (χ1v) is 6.29. The molecule has 0 saturated carbocycles. The zero-order valence-electron chi connectivity index (χ0n) is 11.5. The van der Waals surface area contributed by atoms with Crippen LogP contribution >= 0.6 is 0 Å². The fourth-order valence-corrected chi connectivity index (χ4v) is 1.66. The minimum Gasteiger partial charge on any atom is -0.493 e. The Labute approximate surface area is 108 Å². The summed E-state index contributed by atoms with van der Waals surface area (Å²) in [7, 11) is 0. The molecule has 0 aromatic carbocycles. The van der Waals surface area contributed by atoms with Crippen LogP contribution in [0.25, 0.3) is 0 Å². The lowest BCUT2D eigenvalue weighted by atomic mass is 9.99. The third-order valence-electron chi connectivity index (χ3n) is 2.27. The molecule has 0 amide bonds. The first-order chi connectivity index (χ1) is 8.47. The van der Waals surface area contributed by atoms with Crippen molar-refractivity contribution in [1.82, 2.24) is 9.97 Å². The van der Waals surface area contributed by atoms with Crippen molar-refractivity contribution in [1.29, 1.82) is 0 Å². The minimum absolute atomic E-state index is 0.0584. The molecule has 0 bridgehead atoms. The first kappa shape index (κ1) is 14.4. The number of hydrogen-bond acceptors (Lipinski definition) is 5. The molecule has 0 aliphatic rings. The van der Waals surface area contributed by atoms with Crippen LogP contribution in [0.5, 0.6) is 5.88 Å². The lowest BCUT2D eigenvalue weighted by molar-refractivity contribution is 0.452. The van der Waals surface area contributed by atoms with Crippen LogP contribution in [0.1, 0.15) is 40.5 Å². The highest BCUT2D eigenvalue weighted by atomic mass is 16.3. The lowest BCUT2D eigenvalue weighted by Crippen LogP contribution is -2.09. The van der Waals surface area contributed by atoms with Crippen LogP contribution in [-0.4, -0.2) is 20.8 Å². The molecule has 18 heavy (non-hydrogen) atoms. The molecule has 0 radical (unpaired) electrons. The molecule has 2 N–H and O–H groups in total. The van der Waals surface area contributed by atoms with E-state index in [4.69, 9.17) is 0 Å². The number of nitrogens with one attached hydrogen (secondary N) is 1. The van der Waals surface area contributed by atoms with Gasteiger partial charge in [-0.1, -0.05) is 27.7 Å². The van der Waals surface area contributed by atoms with E-state index in [0.717, 1.165) is 18.6 Å². The van der Waals surface area contributed by atoms with Crippen LogP contribution < -0.4 is 5.43 Å². The van der Waals surface area contributed by atoms with E-state index in [-0.39, 0.29) is 5.88 Å². The molecule has 100 valence electrons. The number of anilines is 1. The van der Waals surface area contributed by atoms with Gasteiger partial charge in [-0.2, -0.15) is 5.10 Å². The largest absolute Gasteiger partial charge is 0.493 e. The maximum absolute atomic E-state index is 9.23. The highest BCUT2D eigenvalue weighted by Gasteiger charge is 2.06.